The van der Waals surface area contributed by atoms with Crippen molar-refractivity contribution in [2.75, 3.05) is 20.8 Å². The third kappa shape index (κ3) is 2.87. The normalized spacial score (nSPS) is 17.4. The van der Waals surface area contributed by atoms with Crippen LogP contribution in [0.2, 0.25) is 0 Å². The third-order valence-corrected chi connectivity index (χ3v) is 4.37. The van der Waals surface area contributed by atoms with E-state index in [0.29, 0.717) is 35.5 Å². The first-order valence-electron chi connectivity index (χ1n) is 6.69. The van der Waals surface area contributed by atoms with E-state index in [1.165, 1.54) is 11.8 Å². The maximum absolute atomic E-state index is 11.5. The zero-order valence-corrected chi connectivity index (χ0v) is 13.0. The van der Waals surface area contributed by atoms with Crippen LogP contribution in [0, 0.1) is 0 Å². The summed E-state index contributed by atoms with van der Waals surface area (Å²) in [6, 6.07) is 5.44. The molecule has 1 N–H and O–H groups in total. The zero-order chi connectivity index (χ0) is 15.5. The Morgan fingerprint density at radius 1 is 1.36 bits per heavy atom. The summed E-state index contributed by atoms with van der Waals surface area (Å²) in [5.74, 6) is 1.70. The number of aromatic amines is 1. The lowest BCUT2D eigenvalue weighted by molar-refractivity contribution is -0.137. The highest BCUT2D eigenvalue weighted by Gasteiger charge is 2.29. The fourth-order valence-corrected chi connectivity index (χ4v) is 3.00. The van der Waals surface area contributed by atoms with Crippen molar-refractivity contribution < 1.29 is 19.0 Å². The molecule has 1 fully saturated rings. The maximum Gasteiger partial charge on any atom is 0.319 e. The molecule has 7 nitrogen and oxygen atoms in total. The lowest BCUT2D eigenvalue weighted by Crippen LogP contribution is -2.09. The number of esters is 1. The highest BCUT2D eigenvalue weighted by molar-refractivity contribution is 8.00. The topological polar surface area (TPSA) is 86.3 Å². The summed E-state index contributed by atoms with van der Waals surface area (Å²) in [5, 5.41) is 7.28. The molecule has 1 aromatic carbocycles. The molecule has 0 aliphatic carbocycles. The van der Waals surface area contributed by atoms with Gasteiger partial charge < -0.3 is 14.2 Å². The Bertz CT molecular complexity index is 688. The Morgan fingerprint density at radius 2 is 2.23 bits per heavy atom. The van der Waals surface area contributed by atoms with E-state index in [2.05, 4.69) is 15.2 Å². The van der Waals surface area contributed by atoms with Gasteiger partial charge in [-0.05, 0) is 12.1 Å². The molecule has 0 saturated carbocycles. The van der Waals surface area contributed by atoms with E-state index in [9.17, 15) is 4.79 Å². The summed E-state index contributed by atoms with van der Waals surface area (Å²) in [5.41, 5.74) is 0.775. The van der Waals surface area contributed by atoms with Crippen molar-refractivity contribution in [2.24, 2.45) is 0 Å². The number of hydrogen-bond acceptors (Lipinski definition) is 7. The zero-order valence-electron chi connectivity index (χ0n) is 12.2. The van der Waals surface area contributed by atoms with Crippen LogP contribution in [0.1, 0.15) is 6.42 Å². The number of aromatic nitrogens is 3. The van der Waals surface area contributed by atoms with Crippen molar-refractivity contribution in [3.05, 3.63) is 18.2 Å². The minimum absolute atomic E-state index is 0.210. The second kappa shape index (κ2) is 6.27. The van der Waals surface area contributed by atoms with E-state index in [-0.39, 0.29) is 11.2 Å². The van der Waals surface area contributed by atoms with Gasteiger partial charge in [-0.3, -0.25) is 9.89 Å². The monoisotopic (exact) mass is 321 g/mol. The Labute approximate surface area is 131 Å². The Balaban J connectivity index is 1.82. The average molecular weight is 321 g/mol. The number of hydrogen-bond donors (Lipinski definition) is 1. The van der Waals surface area contributed by atoms with Crippen LogP contribution in [-0.2, 0) is 9.53 Å². The first-order valence-corrected chi connectivity index (χ1v) is 7.57. The molecule has 0 unspecified atom stereocenters. The molecule has 1 saturated heterocycles. The molecule has 0 radical (unpaired) electrons. The lowest BCUT2D eigenvalue weighted by atomic mass is 10.2. The van der Waals surface area contributed by atoms with Crippen LogP contribution < -0.4 is 9.47 Å². The second-order valence-electron chi connectivity index (χ2n) is 4.60. The molecule has 1 aliphatic rings. The Kier molecular flexibility index (Phi) is 4.19. The minimum Gasteiger partial charge on any atom is -0.497 e. The van der Waals surface area contributed by atoms with Gasteiger partial charge in [0.2, 0.25) is 5.16 Å². The molecule has 1 aliphatic heterocycles. The molecule has 0 spiro atoms. The molecule has 0 bridgehead atoms. The Hall–Kier alpha value is -2.22. The SMILES string of the molecule is COc1ccc(-c2nc(S[C@@H]3CCOC3=O)n[nH]2)c(OC)c1. The molecule has 2 heterocycles. The summed E-state index contributed by atoms with van der Waals surface area (Å²) in [6.07, 6.45) is 0.680. The molecule has 1 aromatic heterocycles. The predicted molar refractivity (Wildman–Crippen MR) is 80.1 cm³/mol. The fraction of sp³-hybridized carbons (Fsp3) is 0.357. The van der Waals surface area contributed by atoms with Gasteiger partial charge >= 0.3 is 5.97 Å². The number of cyclic esters (lactones) is 1. The number of methoxy groups -OCH3 is 2. The van der Waals surface area contributed by atoms with E-state index in [1.54, 1.807) is 20.3 Å². The van der Waals surface area contributed by atoms with Crippen molar-refractivity contribution >= 4 is 17.7 Å². The van der Waals surface area contributed by atoms with Crippen LogP contribution >= 0.6 is 11.8 Å². The highest BCUT2D eigenvalue weighted by atomic mass is 32.2. The second-order valence-corrected chi connectivity index (χ2v) is 5.77. The van der Waals surface area contributed by atoms with Crippen molar-refractivity contribution in [1.82, 2.24) is 15.2 Å². The number of benzene rings is 1. The van der Waals surface area contributed by atoms with Crippen molar-refractivity contribution in [3.63, 3.8) is 0 Å². The standard InChI is InChI=1S/C14H15N3O4S/c1-19-8-3-4-9(10(7-8)20-2)12-15-14(17-16-12)22-11-5-6-21-13(11)18/h3-4,7,11H,5-6H2,1-2H3,(H,15,16,17)/t11-/m1/s1. The quantitative estimate of drug-likeness (QED) is 0.842. The summed E-state index contributed by atoms with van der Waals surface area (Å²) in [6.45, 7) is 0.458. The van der Waals surface area contributed by atoms with Crippen LogP contribution in [0.3, 0.4) is 0 Å². The summed E-state index contributed by atoms with van der Waals surface area (Å²) in [4.78, 5) is 15.9. The van der Waals surface area contributed by atoms with Gasteiger partial charge in [0.1, 0.15) is 16.7 Å². The van der Waals surface area contributed by atoms with E-state index >= 15 is 0 Å². The molecule has 1 atom stereocenters. The summed E-state index contributed by atoms with van der Waals surface area (Å²) < 4.78 is 15.5. The minimum atomic E-state index is -0.235. The predicted octanol–water partition coefficient (Wildman–Crippen LogP) is 1.90. The van der Waals surface area contributed by atoms with Crippen LogP contribution in [-0.4, -0.2) is 47.2 Å². The molecule has 116 valence electrons. The lowest BCUT2D eigenvalue weighted by Gasteiger charge is -2.07. The highest BCUT2D eigenvalue weighted by Crippen LogP contribution is 2.33. The van der Waals surface area contributed by atoms with Crippen LogP contribution in [0.25, 0.3) is 11.4 Å². The number of nitrogens with one attached hydrogen (secondary N) is 1. The number of ether oxygens (including phenoxy) is 3. The van der Waals surface area contributed by atoms with E-state index < -0.39 is 0 Å². The van der Waals surface area contributed by atoms with Gasteiger partial charge in [-0.1, -0.05) is 11.8 Å². The molecular formula is C14H15N3O4S. The number of rotatable bonds is 5. The van der Waals surface area contributed by atoms with E-state index in [0.717, 1.165) is 5.56 Å². The van der Waals surface area contributed by atoms with Crippen molar-refractivity contribution in [3.8, 4) is 22.9 Å². The molecule has 2 aromatic rings. The largest absolute Gasteiger partial charge is 0.497 e. The van der Waals surface area contributed by atoms with Crippen LogP contribution in [0.4, 0.5) is 0 Å². The van der Waals surface area contributed by atoms with Gasteiger partial charge in [-0.25, -0.2) is 4.98 Å². The number of H-pyrrole nitrogens is 1. The van der Waals surface area contributed by atoms with Gasteiger partial charge in [-0.15, -0.1) is 5.10 Å². The number of nitrogens with zero attached hydrogens (tertiary/aromatic N) is 2. The number of carbonyl (C=O) groups excluding carboxylic acids is 1. The van der Waals surface area contributed by atoms with Crippen LogP contribution in [0.5, 0.6) is 11.5 Å². The van der Waals surface area contributed by atoms with Crippen molar-refractivity contribution in [2.45, 2.75) is 16.8 Å². The van der Waals surface area contributed by atoms with Gasteiger partial charge in [0.15, 0.2) is 5.82 Å². The first-order chi connectivity index (χ1) is 10.7. The fourth-order valence-electron chi connectivity index (χ4n) is 2.13. The first kappa shape index (κ1) is 14.7. The molecule has 0 amide bonds. The van der Waals surface area contributed by atoms with Gasteiger partial charge in [-0.2, -0.15) is 0 Å². The average Bonchev–Trinajstić information content (AvgIpc) is 3.17. The van der Waals surface area contributed by atoms with Gasteiger partial charge in [0, 0.05) is 12.5 Å². The number of carbonyl (C=O) groups is 1. The molecular weight excluding hydrogens is 306 g/mol. The molecule has 22 heavy (non-hydrogen) atoms. The third-order valence-electron chi connectivity index (χ3n) is 3.26. The van der Waals surface area contributed by atoms with Gasteiger partial charge in [0.25, 0.3) is 0 Å². The molecule has 8 heteroatoms. The van der Waals surface area contributed by atoms with Gasteiger partial charge in [0.05, 0.1) is 26.4 Å². The van der Waals surface area contributed by atoms with Crippen molar-refractivity contribution in [1.29, 1.82) is 0 Å². The maximum atomic E-state index is 11.5. The molecule has 3 rings (SSSR count). The summed E-state index contributed by atoms with van der Waals surface area (Å²) in [7, 11) is 3.18. The van der Waals surface area contributed by atoms with E-state index in [1.807, 2.05) is 12.1 Å². The summed E-state index contributed by atoms with van der Waals surface area (Å²) >= 11 is 1.30. The number of thioether (sulfide) groups is 1. The Morgan fingerprint density at radius 3 is 2.91 bits per heavy atom. The van der Waals surface area contributed by atoms with E-state index in [4.69, 9.17) is 14.2 Å². The smallest absolute Gasteiger partial charge is 0.319 e. The van der Waals surface area contributed by atoms with Crippen LogP contribution in [0.15, 0.2) is 23.4 Å².